The van der Waals surface area contributed by atoms with E-state index in [1.54, 1.807) is 18.2 Å². The third-order valence-corrected chi connectivity index (χ3v) is 4.63. The lowest BCUT2D eigenvalue weighted by Crippen LogP contribution is -2.26. The van der Waals surface area contributed by atoms with Gasteiger partial charge >= 0.3 is 0 Å². The summed E-state index contributed by atoms with van der Waals surface area (Å²) in [5.41, 5.74) is 5.27. The average molecular weight is 336 g/mol. The second kappa shape index (κ2) is 6.72. The minimum absolute atomic E-state index is 0.0788. The van der Waals surface area contributed by atoms with Crippen LogP contribution in [0.1, 0.15) is 12.8 Å². The van der Waals surface area contributed by atoms with E-state index in [4.69, 9.17) is 10.9 Å². The van der Waals surface area contributed by atoms with Crippen molar-refractivity contribution < 1.29 is 13.6 Å². The van der Waals surface area contributed by atoms with Gasteiger partial charge in [0.15, 0.2) is 0 Å². The maximum atomic E-state index is 11.9. The van der Waals surface area contributed by atoms with E-state index in [1.165, 1.54) is 6.07 Å². The molecule has 18 heavy (non-hydrogen) atoms. The Bertz CT molecular complexity index is 531. The number of nitrogens with two attached hydrogens (primary N) is 1. The van der Waals surface area contributed by atoms with Crippen molar-refractivity contribution in [1.82, 2.24) is 4.72 Å². The summed E-state index contributed by atoms with van der Waals surface area (Å²) >= 11 is 3.18. The van der Waals surface area contributed by atoms with Gasteiger partial charge < -0.3 is 10.9 Å². The lowest BCUT2D eigenvalue weighted by Gasteiger charge is -2.07. The number of amidine groups is 1. The van der Waals surface area contributed by atoms with Crippen molar-refractivity contribution in [2.24, 2.45) is 10.9 Å². The summed E-state index contributed by atoms with van der Waals surface area (Å²) in [5, 5.41) is 11.1. The van der Waals surface area contributed by atoms with Crippen molar-refractivity contribution in [2.45, 2.75) is 17.7 Å². The molecule has 0 amide bonds. The third-order valence-electron chi connectivity index (χ3n) is 2.16. The quantitative estimate of drug-likeness (QED) is 0.239. The van der Waals surface area contributed by atoms with Gasteiger partial charge in [-0.15, -0.1) is 0 Å². The van der Waals surface area contributed by atoms with Crippen molar-refractivity contribution in [3.05, 3.63) is 28.7 Å². The molecule has 0 fully saturated rings. The number of nitrogens with zero attached hydrogens (tertiary/aromatic N) is 1. The number of hydrogen-bond donors (Lipinski definition) is 3. The zero-order chi connectivity index (χ0) is 13.6. The molecule has 0 bridgehead atoms. The maximum Gasteiger partial charge on any atom is 0.241 e. The van der Waals surface area contributed by atoms with E-state index >= 15 is 0 Å². The molecule has 0 aliphatic carbocycles. The Balaban J connectivity index is 2.59. The van der Waals surface area contributed by atoms with E-state index in [1.807, 2.05) is 0 Å². The normalized spacial score (nSPS) is 12.6. The first-order chi connectivity index (χ1) is 8.47. The first-order valence-corrected chi connectivity index (χ1v) is 7.45. The second-order valence-corrected chi connectivity index (χ2v) is 6.11. The van der Waals surface area contributed by atoms with Gasteiger partial charge in [-0.2, -0.15) is 0 Å². The van der Waals surface area contributed by atoms with Gasteiger partial charge in [-0.05, 0) is 34.5 Å². The molecule has 0 radical (unpaired) electrons. The molecule has 1 rings (SSSR count). The molecular weight excluding hydrogens is 322 g/mol. The summed E-state index contributed by atoms with van der Waals surface area (Å²) in [4.78, 5) is 0.189. The zero-order valence-electron chi connectivity index (χ0n) is 9.51. The van der Waals surface area contributed by atoms with Gasteiger partial charge in [-0.25, -0.2) is 13.1 Å². The van der Waals surface area contributed by atoms with Gasteiger partial charge in [0.1, 0.15) is 5.84 Å². The Kier molecular flexibility index (Phi) is 5.57. The largest absolute Gasteiger partial charge is 0.409 e. The Morgan fingerprint density at radius 2 is 2.11 bits per heavy atom. The van der Waals surface area contributed by atoms with Crippen LogP contribution < -0.4 is 10.5 Å². The van der Waals surface area contributed by atoms with Gasteiger partial charge in [0.25, 0.3) is 0 Å². The van der Waals surface area contributed by atoms with E-state index < -0.39 is 10.0 Å². The molecule has 0 aliphatic heterocycles. The van der Waals surface area contributed by atoms with Crippen LogP contribution in [0.2, 0.25) is 0 Å². The number of sulfonamides is 1. The lowest BCUT2D eigenvalue weighted by molar-refractivity contribution is 0.316. The van der Waals surface area contributed by atoms with Crippen LogP contribution in [0.15, 0.2) is 38.8 Å². The number of nitrogens with one attached hydrogen (secondary N) is 1. The van der Waals surface area contributed by atoms with Crippen LogP contribution in [-0.4, -0.2) is 26.0 Å². The first-order valence-electron chi connectivity index (χ1n) is 5.18. The van der Waals surface area contributed by atoms with Crippen LogP contribution in [0.4, 0.5) is 0 Å². The summed E-state index contributed by atoms with van der Waals surface area (Å²) in [6.07, 6.45) is 0.786. The van der Waals surface area contributed by atoms with Crippen LogP contribution in [0.5, 0.6) is 0 Å². The molecule has 0 spiro atoms. The average Bonchev–Trinajstić information content (AvgIpc) is 2.34. The highest BCUT2D eigenvalue weighted by Gasteiger charge is 2.15. The molecule has 1 aromatic carbocycles. The predicted molar refractivity (Wildman–Crippen MR) is 72.0 cm³/mol. The number of benzene rings is 1. The maximum absolute atomic E-state index is 11.9. The van der Waals surface area contributed by atoms with E-state index in [2.05, 4.69) is 25.8 Å². The highest BCUT2D eigenvalue weighted by atomic mass is 79.9. The van der Waals surface area contributed by atoms with Gasteiger partial charge in [0.05, 0.1) is 4.90 Å². The minimum Gasteiger partial charge on any atom is -0.409 e. The topological polar surface area (TPSA) is 105 Å². The predicted octanol–water partition coefficient (Wildman–Crippen LogP) is 1.25. The summed E-state index contributed by atoms with van der Waals surface area (Å²) in [6.45, 7) is 0.222. The monoisotopic (exact) mass is 335 g/mol. The minimum atomic E-state index is -3.54. The number of rotatable bonds is 6. The van der Waals surface area contributed by atoms with Crippen LogP contribution in [0, 0.1) is 0 Å². The molecular formula is C10H14BrN3O3S. The lowest BCUT2D eigenvalue weighted by atomic mass is 10.3. The fourth-order valence-electron chi connectivity index (χ4n) is 1.27. The third kappa shape index (κ3) is 4.28. The Hall–Kier alpha value is -1.12. The fraction of sp³-hybridized carbons (Fsp3) is 0.300. The summed E-state index contributed by atoms with van der Waals surface area (Å²) in [6, 6.07) is 6.55. The standard InChI is InChI=1S/C10H14BrN3O3S/c11-8-4-1-2-5-9(8)18(16,17)13-7-3-6-10(12)14-15/h1-2,4-5,13,15H,3,6-7H2,(H2,12,14). The molecule has 0 atom stereocenters. The van der Waals surface area contributed by atoms with E-state index in [9.17, 15) is 8.42 Å². The second-order valence-electron chi connectivity index (χ2n) is 3.52. The highest BCUT2D eigenvalue weighted by Crippen LogP contribution is 2.20. The molecule has 0 saturated carbocycles. The smallest absolute Gasteiger partial charge is 0.241 e. The molecule has 0 aromatic heterocycles. The van der Waals surface area contributed by atoms with Gasteiger partial charge in [0, 0.05) is 17.4 Å². The summed E-state index contributed by atoms with van der Waals surface area (Å²) in [7, 11) is -3.54. The Morgan fingerprint density at radius 3 is 2.72 bits per heavy atom. The van der Waals surface area contributed by atoms with E-state index in [0.717, 1.165) is 0 Å². The fourth-order valence-corrected chi connectivity index (χ4v) is 3.34. The molecule has 0 saturated heterocycles. The van der Waals surface area contributed by atoms with Crippen molar-refractivity contribution in [3.8, 4) is 0 Å². The SMILES string of the molecule is NC(CCCNS(=O)(=O)c1ccccc1Br)=NO. The van der Waals surface area contributed by atoms with Gasteiger partial charge in [-0.1, -0.05) is 17.3 Å². The van der Waals surface area contributed by atoms with Crippen LogP contribution in [0.25, 0.3) is 0 Å². The molecule has 100 valence electrons. The molecule has 0 unspecified atom stereocenters. The Morgan fingerprint density at radius 1 is 1.44 bits per heavy atom. The van der Waals surface area contributed by atoms with Crippen molar-refractivity contribution >= 4 is 31.8 Å². The molecule has 0 heterocycles. The first kappa shape index (κ1) is 14.9. The molecule has 1 aromatic rings. The van der Waals surface area contributed by atoms with Crippen molar-refractivity contribution in [1.29, 1.82) is 0 Å². The number of hydrogen-bond acceptors (Lipinski definition) is 4. The van der Waals surface area contributed by atoms with Crippen molar-refractivity contribution in [2.75, 3.05) is 6.54 Å². The summed E-state index contributed by atoms with van der Waals surface area (Å²) < 4.78 is 26.8. The van der Waals surface area contributed by atoms with Crippen LogP contribution >= 0.6 is 15.9 Å². The van der Waals surface area contributed by atoms with Crippen LogP contribution in [-0.2, 0) is 10.0 Å². The molecule has 4 N–H and O–H groups in total. The van der Waals surface area contributed by atoms with Gasteiger partial charge in [-0.3, -0.25) is 0 Å². The van der Waals surface area contributed by atoms with E-state index in [0.29, 0.717) is 17.3 Å². The zero-order valence-corrected chi connectivity index (χ0v) is 11.9. The van der Waals surface area contributed by atoms with E-state index in [-0.39, 0.29) is 17.3 Å². The van der Waals surface area contributed by atoms with Gasteiger partial charge in [0.2, 0.25) is 10.0 Å². The van der Waals surface area contributed by atoms with Crippen molar-refractivity contribution in [3.63, 3.8) is 0 Å². The summed E-state index contributed by atoms with van der Waals surface area (Å²) in [5.74, 6) is 0.0788. The molecule has 6 nitrogen and oxygen atoms in total. The Labute approximate surface area is 114 Å². The molecule has 0 aliphatic rings. The number of oxime groups is 1. The molecule has 8 heteroatoms. The highest BCUT2D eigenvalue weighted by molar-refractivity contribution is 9.10. The number of halogens is 1. The van der Waals surface area contributed by atoms with Crippen LogP contribution in [0.3, 0.4) is 0 Å².